The molecule has 0 saturated heterocycles. The quantitative estimate of drug-likeness (QED) is 0.660. The molecule has 0 spiro atoms. The molecule has 0 aliphatic rings. The lowest BCUT2D eigenvalue weighted by Gasteiger charge is -2.04. The molecule has 0 unspecified atom stereocenters. The van der Waals surface area contributed by atoms with Gasteiger partial charge in [0.1, 0.15) is 13.8 Å². The number of hydrogen-bond acceptors (Lipinski definition) is 2. The van der Waals surface area contributed by atoms with Crippen molar-refractivity contribution >= 4 is 14.0 Å². The topological polar surface area (TPSA) is 46.5 Å². The van der Waals surface area contributed by atoms with Gasteiger partial charge in [-0.3, -0.25) is 0 Å². The van der Waals surface area contributed by atoms with Crippen molar-refractivity contribution in [2.75, 3.05) is 6.61 Å². The van der Waals surface area contributed by atoms with Crippen LogP contribution in [0, 0.1) is 11.5 Å². The van der Waals surface area contributed by atoms with E-state index in [-0.39, 0.29) is 6.61 Å². The van der Waals surface area contributed by atoms with Crippen molar-refractivity contribution in [2.45, 2.75) is 19.6 Å². The van der Waals surface area contributed by atoms with Crippen LogP contribution in [0.5, 0.6) is 5.75 Å². The van der Waals surface area contributed by atoms with Crippen LogP contribution in [-0.2, 0) is 4.79 Å². The molecule has 3 nitrogen and oxygen atoms in total. The van der Waals surface area contributed by atoms with E-state index in [2.05, 4.69) is 31.1 Å². The predicted octanol–water partition coefficient (Wildman–Crippen LogP) is 2.38. The first kappa shape index (κ1) is 13.3. The van der Waals surface area contributed by atoms with Crippen LogP contribution in [-0.4, -0.2) is 25.8 Å². The van der Waals surface area contributed by atoms with E-state index in [4.69, 9.17) is 9.84 Å². The van der Waals surface area contributed by atoms with Crippen molar-refractivity contribution in [3.8, 4) is 17.2 Å². The summed E-state index contributed by atoms with van der Waals surface area (Å²) in [5, 5.41) is 8.46. The Hall–Kier alpha value is -1.73. The van der Waals surface area contributed by atoms with E-state index in [1.807, 2.05) is 12.1 Å². The van der Waals surface area contributed by atoms with Crippen molar-refractivity contribution in [3.63, 3.8) is 0 Å². The van der Waals surface area contributed by atoms with Crippen LogP contribution in [0.15, 0.2) is 24.3 Å². The van der Waals surface area contributed by atoms with E-state index in [9.17, 15) is 4.79 Å². The van der Waals surface area contributed by atoms with E-state index in [0.717, 1.165) is 5.56 Å². The highest BCUT2D eigenvalue weighted by Crippen LogP contribution is 2.11. The van der Waals surface area contributed by atoms with Gasteiger partial charge in [-0.1, -0.05) is 25.6 Å². The van der Waals surface area contributed by atoms with Gasteiger partial charge < -0.3 is 9.84 Å². The van der Waals surface area contributed by atoms with Gasteiger partial charge in [0.05, 0.1) is 0 Å². The van der Waals surface area contributed by atoms with Gasteiger partial charge in [0.2, 0.25) is 0 Å². The molecule has 1 aromatic carbocycles. The lowest BCUT2D eigenvalue weighted by Crippen LogP contribution is -2.16. The minimum atomic E-state index is -1.35. The van der Waals surface area contributed by atoms with Gasteiger partial charge in [-0.25, -0.2) is 4.79 Å². The fourth-order valence-electron chi connectivity index (χ4n) is 1.04. The zero-order chi connectivity index (χ0) is 12.9. The van der Waals surface area contributed by atoms with Crippen LogP contribution < -0.4 is 4.74 Å². The minimum absolute atomic E-state index is 0.320. The number of benzene rings is 1. The first-order valence-electron chi connectivity index (χ1n) is 5.35. The number of rotatable bonds is 3. The van der Waals surface area contributed by atoms with Crippen molar-refractivity contribution < 1.29 is 14.6 Å². The Morgan fingerprint density at radius 3 is 2.35 bits per heavy atom. The average molecular weight is 248 g/mol. The van der Waals surface area contributed by atoms with Crippen molar-refractivity contribution in [3.05, 3.63) is 29.8 Å². The summed E-state index contributed by atoms with van der Waals surface area (Å²) in [7, 11) is -1.35. The van der Waals surface area contributed by atoms with E-state index < -0.39 is 14.0 Å². The number of ether oxygens (including phenoxy) is 1. The first-order valence-corrected chi connectivity index (χ1v) is 8.85. The molecule has 0 aliphatic carbocycles. The SMILES string of the molecule is C[Si](C)(C)C#Cc1ccc(OCC(=O)O)cc1. The zero-order valence-corrected chi connectivity index (χ0v) is 11.3. The maximum atomic E-state index is 10.3. The Labute approximate surface area is 102 Å². The molecule has 17 heavy (non-hydrogen) atoms. The number of carboxylic acids is 1. The molecule has 0 radical (unpaired) electrons. The lowest BCUT2D eigenvalue weighted by atomic mass is 10.2. The maximum absolute atomic E-state index is 10.3. The zero-order valence-electron chi connectivity index (χ0n) is 10.3. The monoisotopic (exact) mass is 248 g/mol. The van der Waals surface area contributed by atoms with Crippen molar-refractivity contribution in [1.29, 1.82) is 0 Å². The van der Waals surface area contributed by atoms with Gasteiger partial charge >= 0.3 is 5.97 Å². The lowest BCUT2D eigenvalue weighted by molar-refractivity contribution is -0.139. The van der Waals surface area contributed by atoms with Gasteiger partial charge in [-0.05, 0) is 24.3 Å². The molecule has 1 rings (SSSR count). The third-order valence-corrected chi connectivity index (χ3v) is 2.67. The van der Waals surface area contributed by atoms with Crippen molar-refractivity contribution in [1.82, 2.24) is 0 Å². The highest BCUT2D eigenvalue weighted by Gasteiger charge is 2.07. The third kappa shape index (κ3) is 5.78. The molecule has 0 amide bonds. The normalized spacial score (nSPS) is 10.3. The smallest absolute Gasteiger partial charge is 0.341 e. The Bertz CT molecular complexity index is 446. The molecule has 90 valence electrons. The molecule has 1 N–H and O–H groups in total. The fraction of sp³-hybridized carbons (Fsp3) is 0.308. The Morgan fingerprint density at radius 2 is 1.88 bits per heavy atom. The molecule has 0 atom stereocenters. The van der Waals surface area contributed by atoms with Gasteiger partial charge in [0.25, 0.3) is 0 Å². The molecular weight excluding hydrogens is 232 g/mol. The average Bonchev–Trinajstić information content (AvgIpc) is 2.24. The molecule has 1 aromatic rings. The second-order valence-corrected chi connectivity index (χ2v) is 9.46. The standard InChI is InChI=1S/C13H16O3Si/c1-17(2,3)9-8-11-4-6-12(7-5-11)16-10-13(14)15/h4-7H,10H2,1-3H3,(H,14,15). The van der Waals surface area contributed by atoms with Gasteiger partial charge in [0, 0.05) is 5.56 Å². The summed E-state index contributed by atoms with van der Waals surface area (Å²) in [6.45, 7) is 6.24. The van der Waals surface area contributed by atoms with E-state index >= 15 is 0 Å². The highest BCUT2D eigenvalue weighted by molar-refractivity contribution is 6.83. The summed E-state index contributed by atoms with van der Waals surface area (Å²) in [6.07, 6.45) is 0. The second-order valence-electron chi connectivity index (χ2n) is 4.71. The van der Waals surface area contributed by atoms with E-state index in [1.165, 1.54) is 0 Å². The summed E-state index contributed by atoms with van der Waals surface area (Å²) in [5.41, 5.74) is 4.19. The van der Waals surface area contributed by atoms with E-state index in [0.29, 0.717) is 5.75 Å². The molecule has 0 fully saturated rings. The highest BCUT2D eigenvalue weighted by atomic mass is 28.3. The summed E-state index contributed by atoms with van der Waals surface area (Å²) in [4.78, 5) is 10.3. The maximum Gasteiger partial charge on any atom is 0.341 e. The Morgan fingerprint density at radius 1 is 1.29 bits per heavy atom. The van der Waals surface area contributed by atoms with Gasteiger partial charge in [-0.2, -0.15) is 0 Å². The summed E-state index contributed by atoms with van der Waals surface area (Å²) in [6, 6.07) is 7.14. The van der Waals surface area contributed by atoms with Crippen LogP contribution in [0.25, 0.3) is 0 Å². The van der Waals surface area contributed by atoms with Crippen LogP contribution in [0.4, 0.5) is 0 Å². The Balaban J connectivity index is 2.67. The predicted molar refractivity (Wildman–Crippen MR) is 69.8 cm³/mol. The second kappa shape index (κ2) is 5.55. The van der Waals surface area contributed by atoms with Crippen molar-refractivity contribution in [2.24, 2.45) is 0 Å². The molecule has 0 heterocycles. The summed E-state index contributed by atoms with van der Waals surface area (Å²) >= 11 is 0. The molecule has 0 aliphatic heterocycles. The summed E-state index contributed by atoms with van der Waals surface area (Å²) < 4.78 is 5.03. The fourth-order valence-corrected chi connectivity index (χ4v) is 1.56. The summed E-state index contributed by atoms with van der Waals surface area (Å²) in [5.74, 6) is 2.68. The molecule has 4 heteroatoms. The van der Waals surface area contributed by atoms with Gasteiger partial charge in [-0.15, -0.1) is 5.54 Å². The van der Waals surface area contributed by atoms with E-state index in [1.54, 1.807) is 12.1 Å². The molecule has 0 aromatic heterocycles. The first-order chi connectivity index (χ1) is 7.87. The number of carbonyl (C=O) groups is 1. The minimum Gasteiger partial charge on any atom is -0.482 e. The number of carboxylic acid groups (broad SMARTS) is 1. The molecule has 0 saturated carbocycles. The molecule has 0 bridgehead atoms. The van der Waals surface area contributed by atoms with Crippen LogP contribution >= 0.6 is 0 Å². The van der Waals surface area contributed by atoms with Crippen LogP contribution in [0.2, 0.25) is 19.6 Å². The Kier molecular flexibility index (Phi) is 4.35. The number of aliphatic carboxylic acids is 1. The van der Waals surface area contributed by atoms with Crippen LogP contribution in [0.1, 0.15) is 5.56 Å². The number of hydrogen-bond donors (Lipinski definition) is 1. The largest absolute Gasteiger partial charge is 0.482 e. The molecular formula is C13H16O3Si. The van der Waals surface area contributed by atoms with Gasteiger partial charge in [0.15, 0.2) is 6.61 Å². The van der Waals surface area contributed by atoms with Crippen LogP contribution in [0.3, 0.4) is 0 Å². The third-order valence-electron chi connectivity index (χ3n) is 1.80.